The third-order valence-electron chi connectivity index (χ3n) is 3.04. The number of thiazole rings is 1. The molecular formula is C15H13N3OS. The molecule has 1 aromatic carbocycles. The summed E-state index contributed by atoms with van der Waals surface area (Å²) >= 11 is 1.58. The van der Waals surface area contributed by atoms with Crippen LogP contribution in [0, 0.1) is 11.3 Å². The van der Waals surface area contributed by atoms with Gasteiger partial charge in [0.15, 0.2) is 4.96 Å². The number of imidazole rings is 1. The molecule has 2 aromatic heterocycles. The highest BCUT2D eigenvalue weighted by molar-refractivity contribution is 7.15. The lowest BCUT2D eigenvalue weighted by Gasteiger charge is -2.05. The molecule has 0 spiro atoms. The lowest BCUT2D eigenvalue weighted by Crippen LogP contribution is -1.93. The summed E-state index contributed by atoms with van der Waals surface area (Å²) in [5.74, 6) is 0.866. The van der Waals surface area contributed by atoms with E-state index in [0.29, 0.717) is 13.0 Å². The Labute approximate surface area is 120 Å². The maximum atomic E-state index is 8.89. The van der Waals surface area contributed by atoms with E-state index in [1.807, 2.05) is 35.6 Å². The van der Waals surface area contributed by atoms with Crippen LogP contribution in [0.1, 0.15) is 12.6 Å². The van der Waals surface area contributed by atoms with E-state index in [4.69, 9.17) is 10.00 Å². The smallest absolute Gasteiger partial charge is 0.194 e. The molecule has 3 aromatic rings. The van der Waals surface area contributed by atoms with E-state index in [0.717, 1.165) is 27.7 Å². The van der Waals surface area contributed by atoms with Crippen LogP contribution in [-0.2, 0) is 6.42 Å². The zero-order valence-corrected chi connectivity index (χ0v) is 11.9. The van der Waals surface area contributed by atoms with Gasteiger partial charge in [0.05, 0.1) is 36.7 Å². The predicted octanol–water partition coefficient (Wildman–Crippen LogP) is 3.53. The van der Waals surface area contributed by atoms with E-state index in [1.165, 1.54) is 0 Å². The highest BCUT2D eigenvalue weighted by Gasteiger charge is 2.11. The number of ether oxygens (including phenoxy) is 1. The number of hydrogen-bond acceptors (Lipinski definition) is 4. The minimum Gasteiger partial charge on any atom is -0.494 e. The summed E-state index contributed by atoms with van der Waals surface area (Å²) in [6.07, 6.45) is 2.13. The first-order chi connectivity index (χ1) is 9.83. The van der Waals surface area contributed by atoms with Crippen molar-refractivity contribution in [3.05, 3.63) is 41.5 Å². The molecule has 4 nitrogen and oxygen atoms in total. The standard InChI is InChI=1S/C15H13N3OS/c1-2-19-13-5-3-11(4-6-13)14-10-20-15-17-9-12(7-8-16)18(14)15/h3-6,9-10H,2,7H2,1H3. The Balaban J connectivity index is 2.05. The second-order valence-corrected chi connectivity index (χ2v) is 5.12. The monoisotopic (exact) mass is 283 g/mol. The van der Waals surface area contributed by atoms with Crippen molar-refractivity contribution in [2.45, 2.75) is 13.3 Å². The van der Waals surface area contributed by atoms with Crippen molar-refractivity contribution in [1.29, 1.82) is 5.26 Å². The first-order valence-electron chi connectivity index (χ1n) is 6.37. The number of hydrogen-bond donors (Lipinski definition) is 0. The van der Waals surface area contributed by atoms with Crippen LogP contribution in [0.25, 0.3) is 16.2 Å². The largest absolute Gasteiger partial charge is 0.494 e. The number of rotatable bonds is 4. The number of benzene rings is 1. The van der Waals surface area contributed by atoms with Crippen LogP contribution in [0.4, 0.5) is 0 Å². The average Bonchev–Trinajstić information content (AvgIpc) is 3.04. The fourth-order valence-corrected chi connectivity index (χ4v) is 3.05. The Morgan fingerprint density at radius 1 is 1.35 bits per heavy atom. The Hall–Kier alpha value is -2.32. The van der Waals surface area contributed by atoms with Gasteiger partial charge in [0.2, 0.25) is 0 Å². The Bertz CT molecular complexity index is 765. The molecule has 0 saturated carbocycles. The molecule has 0 amide bonds. The lowest BCUT2D eigenvalue weighted by molar-refractivity contribution is 0.340. The third kappa shape index (κ3) is 2.15. The second-order valence-electron chi connectivity index (χ2n) is 4.28. The highest BCUT2D eigenvalue weighted by atomic mass is 32.1. The maximum absolute atomic E-state index is 8.89. The van der Waals surface area contributed by atoms with Gasteiger partial charge in [0, 0.05) is 5.38 Å². The number of fused-ring (bicyclic) bond motifs is 1. The molecule has 2 heterocycles. The molecule has 100 valence electrons. The molecule has 0 bridgehead atoms. The summed E-state index contributed by atoms with van der Waals surface area (Å²) in [6.45, 7) is 2.63. The number of nitrogens with zero attached hydrogens (tertiary/aromatic N) is 3. The molecule has 0 radical (unpaired) electrons. The van der Waals surface area contributed by atoms with Crippen LogP contribution < -0.4 is 4.74 Å². The quantitative estimate of drug-likeness (QED) is 0.736. The van der Waals surface area contributed by atoms with E-state index in [9.17, 15) is 0 Å². The fourth-order valence-electron chi connectivity index (χ4n) is 2.16. The SMILES string of the molecule is CCOc1ccc(-c2csc3ncc(CC#N)n23)cc1. The van der Waals surface area contributed by atoms with Gasteiger partial charge in [-0.2, -0.15) is 5.26 Å². The van der Waals surface area contributed by atoms with Crippen molar-refractivity contribution < 1.29 is 4.74 Å². The van der Waals surface area contributed by atoms with Gasteiger partial charge in [-0.1, -0.05) is 0 Å². The van der Waals surface area contributed by atoms with Gasteiger partial charge in [0.25, 0.3) is 0 Å². The molecule has 0 unspecified atom stereocenters. The minimum absolute atomic E-state index is 0.363. The lowest BCUT2D eigenvalue weighted by atomic mass is 10.1. The Morgan fingerprint density at radius 2 is 2.15 bits per heavy atom. The topological polar surface area (TPSA) is 50.3 Å². The van der Waals surface area contributed by atoms with Crippen molar-refractivity contribution in [2.24, 2.45) is 0 Å². The van der Waals surface area contributed by atoms with Crippen LogP contribution in [-0.4, -0.2) is 16.0 Å². The van der Waals surface area contributed by atoms with Crippen LogP contribution in [0.3, 0.4) is 0 Å². The van der Waals surface area contributed by atoms with Crippen molar-refractivity contribution in [2.75, 3.05) is 6.61 Å². The summed E-state index contributed by atoms with van der Waals surface area (Å²) in [5.41, 5.74) is 3.08. The van der Waals surface area contributed by atoms with Crippen LogP contribution in [0.5, 0.6) is 5.75 Å². The summed E-state index contributed by atoms with van der Waals surface area (Å²) in [7, 11) is 0. The zero-order valence-electron chi connectivity index (χ0n) is 11.0. The normalized spacial score (nSPS) is 10.6. The average molecular weight is 283 g/mol. The van der Waals surface area contributed by atoms with Gasteiger partial charge in [-0.05, 0) is 36.8 Å². The van der Waals surface area contributed by atoms with E-state index >= 15 is 0 Å². The summed E-state index contributed by atoms with van der Waals surface area (Å²) in [4.78, 5) is 5.25. The first-order valence-corrected chi connectivity index (χ1v) is 7.25. The third-order valence-corrected chi connectivity index (χ3v) is 3.88. The second kappa shape index (κ2) is 5.35. The van der Waals surface area contributed by atoms with Crippen molar-refractivity contribution in [3.8, 4) is 23.1 Å². The molecule has 0 aliphatic rings. The molecule has 0 saturated heterocycles. The summed E-state index contributed by atoms with van der Waals surface area (Å²) in [6, 6.07) is 10.2. The molecule has 3 rings (SSSR count). The molecule has 0 fully saturated rings. The molecular weight excluding hydrogens is 270 g/mol. The summed E-state index contributed by atoms with van der Waals surface area (Å²) in [5, 5.41) is 11.0. The predicted molar refractivity (Wildman–Crippen MR) is 79.0 cm³/mol. The number of aromatic nitrogens is 2. The van der Waals surface area contributed by atoms with E-state index in [1.54, 1.807) is 17.5 Å². The molecule has 20 heavy (non-hydrogen) atoms. The molecule has 0 N–H and O–H groups in total. The van der Waals surface area contributed by atoms with E-state index < -0.39 is 0 Å². The molecule has 5 heteroatoms. The first kappa shape index (κ1) is 12.7. The van der Waals surface area contributed by atoms with E-state index in [-0.39, 0.29) is 0 Å². The maximum Gasteiger partial charge on any atom is 0.194 e. The van der Waals surface area contributed by atoms with Crippen LogP contribution in [0.15, 0.2) is 35.8 Å². The van der Waals surface area contributed by atoms with Crippen molar-refractivity contribution in [1.82, 2.24) is 9.38 Å². The van der Waals surface area contributed by atoms with Gasteiger partial charge in [-0.15, -0.1) is 11.3 Å². The Kier molecular flexibility index (Phi) is 3.40. The number of nitriles is 1. The van der Waals surface area contributed by atoms with Gasteiger partial charge < -0.3 is 4.74 Å². The van der Waals surface area contributed by atoms with E-state index in [2.05, 4.69) is 16.4 Å². The fraction of sp³-hybridized carbons (Fsp3) is 0.200. The summed E-state index contributed by atoms with van der Waals surface area (Å²) < 4.78 is 7.50. The van der Waals surface area contributed by atoms with Gasteiger partial charge >= 0.3 is 0 Å². The highest BCUT2D eigenvalue weighted by Crippen LogP contribution is 2.28. The van der Waals surface area contributed by atoms with Crippen LogP contribution >= 0.6 is 11.3 Å². The van der Waals surface area contributed by atoms with Gasteiger partial charge in [-0.25, -0.2) is 4.98 Å². The van der Waals surface area contributed by atoms with Gasteiger partial charge in [-0.3, -0.25) is 4.40 Å². The van der Waals surface area contributed by atoms with Crippen molar-refractivity contribution >= 4 is 16.3 Å². The van der Waals surface area contributed by atoms with Crippen molar-refractivity contribution in [3.63, 3.8) is 0 Å². The zero-order chi connectivity index (χ0) is 13.9. The molecule has 0 aliphatic carbocycles. The molecule has 0 aliphatic heterocycles. The van der Waals surface area contributed by atoms with Crippen LogP contribution in [0.2, 0.25) is 0 Å². The molecule has 0 atom stereocenters. The minimum atomic E-state index is 0.363. The Morgan fingerprint density at radius 3 is 2.85 bits per heavy atom. The van der Waals surface area contributed by atoms with Gasteiger partial charge in [0.1, 0.15) is 5.75 Å².